The summed E-state index contributed by atoms with van der Waals surface area (Å²) in [6, 6.07) is 11.1. The maximum absolute atomic E-state index is 13.2. The first-order valence-corrected chi connectivity index (χ1v) is 10.4. The van der Waals surface area contributed by atoms with Crippen LogP contribution in [0.15, 0.2) is 61.3 Å². The van der Waals surface area contributed by atoms with Gasteiger partial charge in [0, 0.05) is 36.3 Å². The minimum Gasteiger partial charge on any atom is -0.497 e. The molecule has 3 aromatic rings. The highest BCUT2D eigenvalue weighted by molar-refractivity contribution is 5.85. The standard InChI is InChI=1S/C24H26N4O4/c1-24(2,32-20-7-5-19(30-3)6-8-20)23(29)28-10-11-31-22(15-28)21-9-4-17(14-27-21)18-12-25-16-26-13-18/h4-9,12-14,16,22H,10-11,15H2,1-3H3/t22-/m0/s1. The van der Waals surface area contributed by atoms with Crippen molar-refractivity contribution in [2.75, 3.05) is 26.8 Å². The third kappa shape index (κ3) is 4.86. The van der Waals surface area contributed by atoms with Crippen LogP contribution in [-0.4, -0.2) is 58.2 Å². The van der Waals surface area contributed by atoms with Crippen LogP contribution in [0, 0.1) is 0 Å². The maximum atomic E-state index is 13.2. The first-order chi connectivity index (χ1) is 15.5. The number of aromatic nitrogens is 3. The number of morpholine rings is 1. The fourth-order valence-corrected chi connectivity index (χ4v) is 3.59. The van der Waals surface area contributed by atoms with Crippen molar-refractivity contribution in [1.82, 2.24) is 19.9 Å². The Bertz CT molecular complexity index is 1040. The molecule has 0 saturated carbocycles. The van der Waals surface area contributed by atoms with Gasteiger partial charge in [0.25, 0.3) is 5.91 Å². The van der Waals surface area contributed by atoms with Gasteiger partial charge in [-0.1, -0.05) is 6.07 Å². The van der Waals surface area contributed by atoms with Crippen LogP contribution < -0.4 is 9.47 Å². The Morgan fingerprint density at radius 1 is 1.03 bits per heavy atom. The van der Waals surface area contributed by atoms with Crippen LogP contribution in [0.25, 0.3) is 11.1 Å². The Kier molecular flexibility index (Phi) is 6.32. The molecule has 32 heavy (non-hydrogen) atoms. The highest BCUT2D eigenvalue weighted by atomic mass is 16.5. The number of pyridine rings is 1. The molecule has 0 bridgehead atoms. The van der Waals surface area contributed by atoms with Gasteiger partial charge in [0.2, 0.25) is 0 Å². The van der Waals surface area contributed by atoms with Gasteiger partial charge in [-0.2, -0.15) is 0 Å². The molecule has 0 radical (unpaired) electrons. The smallest absolute Gasteiger partial charge is 0.266 e. The summed E-state index contributed by atoms with van der Waals surface area (Å²) in [6.45, 7) is 4.90. The lowest BCUT2D eigenvalue weighted by atomic mass is 10.1. The Labute approximate surface area is 187 Å². The van der Waals surface area contributed by atoms with Crippen LogP contribution in [-0.2, 0) is 9.53 Å². The summed E-state index contributed by atoms with van der Waals surface area (Å²) < 4.78 is 17.1. The predicted octanol–water partition coefficient (Wildman–Crippen LogP) is 3.30. The summed E-state index contributed by atoms with van der Waals surface area (Å²) in [5, 5.41) is 0. The number of benzene rings is 1. The van der Waals surface area contributed by atoms with Crippen LogP contribution in [0.4, 0.5) is 0 Å². The zero-order valence-electron chi connectivity index (χ0n) is 18.4. The van der Waals surface area contributed by atoms with Crippen molar-refractivity contribution in [3.63, 3.8) is 0 Å². The Morgan fingerprint density at radius 3 is 2.41 bits per heavy atom. The van der Waals surface area contributed by atoms with Gasteiger partial charge in [-0.15, -0.1) is 0 Å². The molecule has 1 saturated heterocycles. The molecule has 4 rings (SSSR count). The second kappa shape index (κ2) is 9.32. The van der Waals surface area contributed by atoms with E-state index in [2.05, 4.69) is 15.0 Å². The molecular weight excluding hydrogens is 408 g/mol. The molecule has 1 atom stereocenters. The number of carbonyl (C=O) groups excluding carboxylic acids is 1. The molecule has 3 heterocycles. The van der Waals surface area contributed by atoms with E-state index in [4.69, 9.17) is 14.2 Å². The van der Waals surface area contributed by atoms with Crippen LogP contribution >= 0.6 is 0 Å². The van der Waals surface area contributed by atoms with Crippen molar-refractivity contribution in [2.45, 2.75) is 25.6 Å². The van der Waals surface area contributed by atoms with Gasteiger partial charge >= 0.3 is 0 Å². The van der Waals surface area contributed by atoms with E-state index in [1.54, 1.807) is 68.7 Å². The third-order valence-corrected chi connectivity index (χ3v) is 5.31. The number of ether oxygens (including phenoxy) is 3. The Morgan fingerprint density at radius 2 is 1.75 bits per heavy atom. The average molecular weight is 434 g/mol. The van der Waals surface area contributed by atoms with E-state index >= 15 is 0 Å². The highest BCUT2D eigenvalue weighted by Crippen LogP contribution is 2.27. The molecule has 0 N–H and O–H groups in total. The van der Waals surface area contributed by atoms with Gasteiger partial charge < -0.3 is 19.1 Å². The minimum absolute atomic E-state index is 0.0975. The first kappa shape index (κ1) is 21.7. The lowest BCUT2D eigenvalue weighted by Crippen LogP contribution is -2.53. The molecule has 1 aromatic carbocycles. The molecular formula is C24H26N4O4. The predicted molar refractivity (Wildman–Crippen MR) is 118 cm³/mol. The number of nitrogens with zero attached hydrogens (tertiary/aromatic N) is 4. The highest BCUT2D eigenvalue weighted by Gasteiger charge is 2.37. The van der Waals surface area contributed by atoms with Crippen molar-refractivity contribution >= 4 is 5.91 Å². The van der Waals surface area contributed by atoms with Crippen molar-refractivity contribution in [1.29, 1.82) is 0 Å². The Balaban J connectivity index is 1.42. The van der Waals surface area contributed by atoms with Gasteiger partial charge in [0.15, 0.2) is 5.60 Å². The number of hydrogen-bond acceptors (Lipinski definition) is 7. The Hall–Kier alpha value is -3.52. The van der Waals surface area contributed by atoms with E-state index in [1.165, 1.54) is 6.33 Å². The van der Waals surface area contributed by atoms with Gasteiger partial charge in [0.05, 0.1) is 26.0 Å². The second-order valence-electron chi connectivity index (χ2n) is 8.00. The summed E-state index contributed by atoms with van der Waals surface area (Å²) in [4.78, 5) is 27.7. The lowest BCUT2D eigenvalue weighted by Gasteiger charge is -2.37. The molecule has 8 heteroatoms. The minimum atomic E-state index is -1.03. The van der Waals surface area contributed by atoms with Crippen molar-refractivity contribution in [2.24, 2.45) is 0 Å². The molecule has 1 aliphatic heterocycles. The number of amides is 1. The van der Waals surface area contributed by atoms with E-state index < -0.39 is 5.60 Å². The molecule has 0 spiro atoms. The first-order valence-electron chi connectivity index (χ1n) is 10.4. The number of rotatable bonds is 6. The van der Waals surface area contributed by atoms with Gasteiger partial charge in [-0.05, 0) is 44.2 Å². The van der Waals surface area contributed by atoms with Gasteiger partial charge in [-0.3, -0.25) is 9.78 Å². The van der Waals surface area contributed by atoms with E-state index in [9.17, 15) is 4.79 Å². The molecule has 2 aromatic heterocycles. The van der Waals surface area contributed by atoms with E-state index in [-0.39, 0.29) is 12.0 Å². The van der Waals surface area contributed by atoms with Crippen molar-refractivity contribution in [3.05, 3.63) is 67.0 Å². The van der Waals surface area contributed by atoms with E-state index in [0.29, 0.717) is 25.4 Å². The van der Waals surface area contributed by atoms with Crippen LogP contribution in [0.3, 0.4) is 0 Å². The summed E-state index contributed by atoms with van der Waals surface area (Å²) in [7, 11) is 1.61. The molecule has 8 nitrogen and oxygen atoms in total. The summed E-state index contributed by atoms with van der Waals surface area (Å²) in [6.07, 6.45) is 6.45. The van der Waals surface area contributed by atoms with Gasteiger partial charge in [-0.25, -0.2) is 9.97 Å². The van der Waals surface area contributed by atoms with Crippen molar-refractivity contribution < 1.29 is 19.0 Å². The van der Waals surface area contributed by atoms with Crippen LogP contribution in [0.2, 0.25) is 0 Å². The maximum Gasteiger partial charge on any atom is 0.266 e. The number of hydrogen-bond donors (Lipinski definition) is 0. The number of methoxy groups -OCH3 is 1. The van der Waals surface area contributed by atoms with Crippen LogP contribution in [0.5, 0.6) is 11.5 Å². The van der Waals surface area contributed by atoms with Gasteiger partial charge in [0.1, 0.15) is 23.9 Å². The number of carbonyl (C=O) groups is 1. The molecule has 1 fully saturated rings. The average Bonchev–Trinajstić information content (AvgIpc) is 2.84. The largest absolute Gasteiger partial charge is 0.497 e. The molecule has 1 amide bonds. The second-order valence-corrected chi connectivity index (χ2v) is 8.00. The molecule has 166 valence electrons. The zero-order chi connectivity index (χ0) is 22.6. The zero-order valence-corrected chi connectivity index (χ0v) is 18.4. The fraction of sp³-hybridized carbons (Fsp3) is 0.333. The van der Waals surface area contributed by atoms with E-state index in [1.807, 2.05) is 12.1 Å². The molecule has 1 aliphatic rings. The molecule has 0 unspecified atom stereocenters. The summed E-state index contributed by atoms with van der Waals surface area (Å²) in [5.74, 6) is 1.24. The van der Waals surface area contributed by atoms with E-state index in [0.717, 1.165) is 22.6 Å². The summed E-state index contributed by atoms with van der Waals surface area (Å²) in [5.41, 5.74) is 1.57. The SMILES string of the molecule is COc1ccc(OC(C)(C)C(=O)N2CCO[C@H](c3ccc(-c4cncnc4)cn3)C2)cc1. The quantitative estimate of drug-likeness (QED) is 0.588. The lowest BCUT2D eigenvalue weighted by molar-refractivity contribution is -0.153. The fourth-order valence-electron chi connectivity index (χ4n) is 3.59. The third-order valence-electron chi connectivity index (χ3n) is 5.31. The topological polar surface area (TPSA) is 86.7 Å². The molecule has 0 aliphatic carbocycles. The summed E-state index contributed by atoms with van der Waals surface area (Å²) >= 11 is 0. The van der Waals surface area contributed by atoms with Crippen molar-refractivity contribution in [3.8, 4) is 22.6 Å². The monoisotopic (exact) mass is 434 g/mol. The normalized spacial score (nSPS) is 16.5. The van der Waals surface area contributed by atoms with Crippen LogP contribution in [0.1, 0.15) is 25.6 Å².